The van der Waals surface area contributed by atoms with Crippen molar-refractivity contribution in [1.82, 2.24) is 9.80 Å². The third-order valence-electron chi connectivity index (χ3n) is 4.62. The van der Waals surface area contributed by atoms with E-state index >= 15 is 0 Å². The molecule has 108 valence electrons. The summed E-state index contributed by atoms with van der Waals surface area (Å²) in [5, 5.41) is 10.2. The van der Waals surface area contributed by atoms with Crippen LogP contribution in [-0.2, 0) is 0 Å². The highest BCUT2D eigenvalue weighted by Crippen LogP contribution is 2.29. The van der Waals surface area contributed by atoms with Crippen LogP contribution in [0.25, 0.3) is 0 Å². The van der Waals surface area contributed by atoms with E-state index in [0.717, 1.165) is 13.1 Å². The van der Waals surface area contributed by atoms with Gasteiger partial charge < -0.3 is 15.7 Å². The van der Waals surface area contributed by atoms with Crippen LogP contribution in [0.15, 0.2) is 48.2 Å². The Morgan fingerprint density at radius 3 is 2.90 bits per heavy atom. The topological polar surface area (TPSA) is 52.7 Å². The monoisotopic (exact) mass is 273 g/mol. The Bertz CT molecular complexity index is 494. The Kier molecular flexibility index (Phi) is 3.54. The molecule has 0 aromatic carbocycles. The lowest BCUT2D eigenvalue weighted by Gasteiger charge is -2.44. The molecule has 20 heavy (non-hydrogen) atoms. The molecule has 3 aliphatic rings. The van der Waals surface area contributed by atoms with Crippen molar-refractivity contribution < 1.29 is 5.11 Å². The Labute approximate surface area is 120 Å². The van der Waals surface area contributed by atoms with E-state index in [9.17, 15) is 5.11 Å². The lowest BCUT2D eigenvalue weighted by Crippen LogP contribution is -2.61. The molecule has 1 fully saturated rings. The summed E-state index contributed by atoms with van der Waals surface area (Å²) in [4.78, 5) is 4.44. The number of nitrogens with two attached hydrogens (primary N) is 1. The zero-order chi connectivity index (χ0) is 14.2. The Morgan fingerprint density at radius 2 is 2.20 bits per heavy atom. The largest absolute Gasteiger partial charge is 0.385 e. The number of likely N-dealkylation sites (N-methyl/N-ethyl adjacent to an activating group) is 1. The maximum Gasteiger partial charge on any atom is 0.138 e. The van der Waals surface area contributed by atoms with Crippen molar-refractivity contribution in [2.24, 2.45) is 5.73 Å². The second-order valence-electron chi connectivity index (χ2n) is 5.93. The molecule has 0 aromatic heterocycles. The summed E-state index contributed by atoms with van der Waals surface area (Å²) >= 11 is 0. The van der Waals surface area contributed by atoms with E-state index in [0.29, 0.717) is 6.04 Å². The minimum Gasteiger partial charge on any atom is -0.385 e. The molecule has 1 saturated heterocycles. The van der Waals surface area contributed by atoms with Gasteiger partial charge in [0.05, 0.1) is 0 Å². The first kappa shape index (κ1) is 13.6. The van der Waals surface area contributed by atoms with Crippen LogP contribution in [0.3, 0.4) is 0 Å². The second kappa shape index (κ2) is 5.20. The summed E-state index contributed by atoms with van der Waals surface area (Å²) in [5.74, 6) is 0. The Morgan fingerprint density at radius 1 is 1.35 bits per heavy atom. The molecule has 3 N–H and O–H groups in total. The van der Waals surface area contributed by atoms with E-state index in [4.69, 9.17) is 5.73 Å². The summed E-state index contributed by atoms with van der Waals surface area (Å²) in [6.45, 7) is 1.93. The molecule has 4 heteroatoms. The van der Waals surface area contributed by atoms with Gasteiger partial charge in [-0.15, -0.1) is 0 Å². The molecule has 0 aromatic rings. The zero-order valence-electron chi connectivity index (χ0n) is 11.9. The number of hydrogen-bond acceptors (Lipinski definition) is 4. The highest BCUT2D eigenvalue weighted by Gasteiger charge is 2.38. The van der Waals surface area contributed by atoms with Crippen LogP contribution < -0.4 is 5.73 Å². The minimum absolute atomic E-state index is 0.506. The van der Waals surface area contributed by atoms with Gasteiger partial charge in [-0.2, -0.15) is 0 Å². The van der Waals surface area contributed by atoms with Crippen molar-refractivity contribution in [2.45, 2.75) is 30.7 Å². The first-order valence-electron chi connectivity index (χ1n) is 7.28. The molecule has 0 radical (unpaired) electrons. The number of rotatable bonds is 2. The number of likely N-dealkylation sites (tertiary alicyclic amines) is 1. The van der Waals surface area contributed by atoms with Gasteiger partial charge in [0.15, 0.2) is 0 Å². The van der Waals surface area contributed by atoms with Gasteiger partial charge in [-0.1, -0.05) is 24.3 Å². The maximum atomic E-state index is 10.2. The zero-order valence-corrected chi connectivity index (χ0v) is 11.9. The maximum absolute atomic E-state index is 10.2. The predicted octanol–water partition coefficient (Wildman–Crippen LogP) is 0.978. The molecule has 4 nitrogen and oxygen atoms in total. The van der Waals surface area contributed by atoms with Crippen LogP contribution in [0.5, 0.6) is 0 Å². The van der Waals surface area contributed by atoms with Gasteiger partial charge in [0.2, 0.25) is 0 Å². The number of aliphatic hydroxyl groups is 1. The molecular weight excluding hydrogens is 250 g/mol. The lowest BCUT2D eigenvalue weighted by atomic mass is 9.93. The molecule has 3 rings (SSSR count). The minimum atomic E-state index is -0.845. The highest BCUT2D eigenvalue weighted by atomic mass is 16.3. The smallest absolute Gasteiger partial charge is 0.138 e. The standard InChI is InChI=1S/C16H23N3O/c1-18-10-5-7-14(18)13-6-4-11-19(12-13)16(17)9-3-2-8-15(16)20/h2-4,6,8-9,11,14-15,20H,5,7,10,12,17H2,1H3/t14-,15?,16?/m0/s1. The highest BCUT2D eigenvalue weighted by molar-refractivity contribution is 5.31. The van der Waals surface area contributed by atoms with Crippen LogP contribution in [0, 0.1) is 0 Å². The Balaban J connectivity index is 1.78. The van der Waals surface area contributed by atoms with E-state index in [-0.39, 0.29) is 0 Å². The summed E-state index contributed by atoms with van der Waals surface area (Å²) < 4.78 is 0. The summed E-state index contributed by atoms with van der Waals surface area (Å²) in [6, 6.07) is 0.506. The SMILES string of the molecule is CN1CCC[C@H]1C1=CC=CN(C2(N)C=CC=CC2O)C1. The Hall–Kier alpha value is -1.36. The van der Waals surface area contributed by atoms with Gasteiger partial charge in [0.25, 0.3) is 0 Å². The fourth-order valence-electron chi connectivity index (χ4n) is 3.33. The van der Waals surface area contributed by atoms with Crippen molar-refractivity contribution in [2.75, 3.05) is 20.1 Å². The van der Waals surface area contributed by atoms with Gasteiger partial charge in [-0.25, -0.2) is 0 Å². The van der Waals surface area contributed by atoms with Crippen molar-refractivity contribution in [3.05, 3.63) is 48.2 Å². The van der Waals surface area contributed by atoms with Crippen LogP contribution in [0.2, 0.25) is 0 Å². The van der Waals surface area contributed by atoms with E-state index in [2.05, 4.69) is 18.0 Å². The molecule has 2 aliphatic heterocycles. The van der Waals surface area contributed by atoms with Crippen molar-refractivity contribution in [3.63, 3.8) is 0 Å². The fourth-order valence-corrected chi connectivity index (χ4v) is 3.33. The van der Waals surface area contributed by atoms with Crippen molar-refractivity contribution in [3.8, 4) is 0 Å². The summed E-state index contributed by atoms with van der Waals surface area (Å²) in [5.41, 5.74) is 6.96. The molecule has 2 heterocycles. The normalized spacial score (nSPS) is 37.5. The van der Waals surface area contributed by atoms with Gasteiger partial charge in [-0.05, 0) is 44.2 Å². The molecule has 2 unspecified atom stereocenters. The summed E-state index contributed by atoms with van der Waals surface area (Å²) in [6.07, 6.45) is 15.4. The van der Waals surface area contributed by atoms with E-state index in [1.807, 2.05) is 35.4 Å². The van der Waals surface area contributed by atoms with Crippen LogP contribution in [0.4, 0.5) is 0 Å². The first-order valence-corrected chi connectivity index (χ1v) is 7.28. The molecular formula is C16H23N3O. The van der Waals surface area contributed by atoms with Crippen LogP contribution in [-0.4, -0.2) is 52.9 Å². The van der Waals surface area contributed by atoms with Gasteiger partial charge in [-0.3, -0.25) is 4.90 Å². The number of hydrogen-bond donors (Lipinski definition) is 2. The number of aliphatic hydroxyl groups excluding tert-OH is 1. The molecule has 0 spiro atoms. The number of nitrogens with zero attached hydrogens (tertiary/aromatic N) is 2. The molecule has 1 aliphatic carbocycles. The lowest BCUT2D eigenvalue weighted by molar-refractivity contribution is 0.0599. The van der Waals surface area contributed by atoms with Gasteiger partial charge in [0.1, 0.15) is 11.8 Å². The van der Waals surface area contributed by atoms with Crippen molar-refractivity contribution >= 4 is 0 Å². The summed E-state index contributed by atoms with van der Waals surface area (Å²) in [7, 11) is 2.18. The molecule has 0 amide bonds. The molecule has 0 bridgehead atoms. The predicted molar refractivity (Wildman–Crippen MR) is 80.8 cm³/mol. The fraction of sp³-hybridized carbons (Fsp3) is 0.500. The molecule has 3 atom stereocenters. The average molecular weight is 273 g/mol. The van der Waals surface area contributed by atoms with Gasteiger partial charge in [0, 0.05) is 18.8 Å². The molecule has 0 saturated carbocycles. The van der Waals surface area contributed by atoms with Crippen molar-refractivity contribution in [1.29, 1.82) is 0 Å². The third kappa shape index (κ3) is 2.24. The number of allylic oxidation sites excluding steroid dienone is 4. The van der Waals surface area contributed by atoms with Crippen LogP contribution in [0.1, 0.15) is 12.8 Å². The van der Waals surface area contributed by atoms with Gasteiger partial charge >= 0.3 is 0 Å². The second-order valence-corrected chi connectivity index (χ2v) is 5.93. The van der Waals surface area contributed by atoms with Crippen LogP contribution >= 0.6 is 0 Å². The van der Waals surface area contributed by atoms with E-state index in [1.54, 1.807) is 6.08 Å². The third-order valence-corrected chi connectivity index (χ3v) is 4.62. The van der Waals surface area contributed by atoms with E-state index < -0.39 is 11.8 Å². The average Bonchev–Trinajstić information content (AvgIpc) is 2.89. The quantitative estimate of drug-likeness (QED) is 0.787. The first-order chi connectivity index (χ1) is 9.61. The van der Waals surface area contributed by atoms with E-state index in [1.165, 1.54) is 18.4 Å².